The van der Waals surface area contributed by atoms with Crippen molar-refractivity contribution >= 4 is 21.6 Å². The average Bonchev–Trinajstić information content (AvgIpc) is 2.21. The van der Waals surface area contributed by atoms with Crippen LogP contribution >= 0.6 is 15.9 Å². The quantitative estimate of drug-likeness (QED) is 0.749. The summed E-state index contributed by atoms with van der Waals surface area (Å²) in [6.45, 7) is 1.65. The van der Waals surface area contributed by atoms with Gasteiger partial charge in [0.1, 0.15) is 4.47 Å². The second kappa shape index (κ2) is 3.80. The molecular formula is C9H5BrF3N3O. The van der Waals surface area contributed by atoms with Gasteiger partial charge in [0.05, 0.1) is 6.20 Å². The third-order valence-corrected chi connectivity index (χ3v) is 2.75. The number of nitrogens with zero attached hydrogens (tertiary/aromatic N) is 3. The van der Waals surface area contributed by atoms with E-state index in [1.54, 1.807) is 6.92 Å². The Labute approximate surface area is 101 Å². The van der Waals surface area contributed by atoms with Gasteiger partial charge in [0, 0.05) is 0 Å². The first-order valence-corrected chi connectivity index (χ1v) is 5.22. The molecule has 90 valence electrons. The molecule has 0 saturated carbocycles. The fraction of sp³-hybridized carbons (Fsp3) is 0.222. The molecule has 0 aliphatic carbocycles. The van der Waals surface area contributed by atoms with E-state index in [9.17, 15) is 18.0 Å². The normalized spacial score (nSPS) is 12.1. The topological polar surface area (TPSA) is 47.3 Å². The minimum absolute atomic E-state index is 0.134. The smallest absolute Gasteiger partial charge is 0.266 e. The van der Waals surface area contributed by atoms with E-state index in [-0.39, 0.29) is 5.65 Å². The van der Waals surface area contributed by atoms with Crippen molar-refractivity contribution in [2.45, 2.75) is 13.1 Å². The predicted molar refractivity (Wildman–Crippen MR) is 56.7 cm³/mol. The number of alkyl halides is 3. The highest BCUT2D eigenvalue weighted by atomic mass is 79.9. The maximum Gasteiger partial charge on any atom is 0.434 e. The molecule has 2 aromatic rings. The zero-order valence-corrected chi connectivity index (χ0v) is 10.0. The van der Waals surface area contributed by atoms with Crippen LogP contribution in [-0.2, 0) is 6.18 Å². The van der Waals surface area contributed by atoms with Gasteiger partial charge in [0.25, 0.3) is 5.56 Å². The molecule has 0 saturated heterocycles. The predicted octanol–water partition coefficient (Wildman–Crippen LogP) is 2.18. The average molecular weight is 308 g/mol. The van der Waals surface area contributed by atoms with Gasteiger partial charge in [0.2, 0.25) is 0 Å². The van der Waals surface area contributed by atoms with Crippen molar-refractivity contribution in [3.05, 3.63) is 38.3 Å². The van der Waals surface area contributed by atoms with Crippen molar-refractivity contribution in [1.29, 1.82) is 0 Å². The molecule has 0 atom stereocenters. The third kappa shape index (κ3) is 2.04. The number of aryl methyl sites for hydroxylation is 1. The van der Waals surface area contributed by atoms with Gasteiger partial charge in [0.15, 0.2) is 11.3 Å². The van der Waals surface area contributed by atoms with Crippen LogP contribution in [0.1, 0.15) is 11.3 Å². The van der Waals surface area contributed by atoms with Crippen molar-refractivity contribution in [3.8, 4) is 0 Å². The van der Waals surface area contributed by atoms with E-state index in [1.165, 1.54) is 12.3 Å². The fourth-order valence-electron chi connectivity index (χ4n) is 1.29. The van der Waals surface area contributed by atoms with E-state index in [4.69, 9.17) is 0 Å². The van der Waals surface area contributed by atoms with Gasteiger partial charge in [-0.05, 0) is 34.5 Å². The summed E-state index contributed by atoms with van der Waals surface area (Å²) in [5.41, 5.74) is -1.64. The molecule has 0 radical (unpaired) electrons. The summed E-state index contributed by atoms with van der Waals surface area (Å²) in [6.07, 6.45) is -3.31. The molecule has 0 aliphatic heterocycles. The summed E-state index contributed by atoms with van der Waals surface area (Å²) in [7, 11) is 0. The number of halogens is 4. The van der Waals surface area contributed by atoms with Gasteiger partial charge in [-0.25, -0.2) is 4.98 Å². The van der Waals surface area contributed by atoms with Gasteiger partial charge >= 0.3 is 6.18 Å². The Morgan fingerprint density at radius 2 is 2.06 bits per heavy atom. The number of aromatic nitrogens is 3. The number of hydrogen-bond donors (Lipinski definition) is 0. The van der Waals surface area contributed by atoms with Crippen LogP contribution < -0.4 is 5.56 Å². The maximum absolute atomic E-state index is 12.6. The summed E-state index contributed by atoms with van der Waals surface area (Å²) in [6, 6.07) is 1.36. The SMILES string of the molecule is Cc1cnn2c(=O)c(Br)c(C(F)(F)F)nc2c1. The summed E-state index contributed by atoms with van der Waals surface area (Å²) in [5, 5.41) is 3.71. The van der Waals surface area contributed by atoms with E-state index in [0.717, 1.165) is 4.52 Å². The van der Waals surface area contributed by atoms with E-state index in [1.807, 2.05) is 0 Å². The lowest BCUT2D eigenvalue weighted by atomic mass is 10.3. The zero-order valence-electron chi connectivity index (χ0n) is 8.42. The first kappa shape index (κ1) is 12.0. The van der Waals surface area contributed by atoms with Gasteiger partial charge in [-0.3, -0.25) is 4.79 Å². The molecule has 0 aromatic carbocycles. The lowest BCUT2D eigenvalue weighted by Gasteiger charge is -2.09. The lowest BCUT2D eigenvalue weighted by molar-refractivity contribution is -0.141. The number of fused-ring (bicyclic) bond motifs is 1. The highest BCUT2D eigenvalue weighted by Gasteiger charge is 2.37. The molecule has 0 amide bonds. The molecule has 2 rings (SSSR count). The minimum Gasteiger partial charge on any atom is -0.266 e. The van der Waals surface area contributed by atoms with E-state index >= 15 is 0 Å². The van der Waals surface area contributed by atoms with Crippen molar-refractivity contribution in [1.82, 2.24) is 14.6 Å². The van der Waals surface area contributed by atoms with Crippen LogP contribution in [0.15, 0.2) is 21.5 Å². The van der Waals surface area contributed by atoms with Crippen LogP contribution in [0.4, 0.5) is 13.2 Å². The minimum atomic E-state index is -4.68. The second-order valence-electron chi connectivity index (χ2n) is 3.38. The molecule has 2 aromatic heterocycles. The van der Waals surface area contributed by atoms with Crippen molar-refractivity contribution in [2.75, 3.05) is 0 Å². The van der Waals surface area contributed by atoms with E-state index in [2.05, 4.69) is 26.0 Å². The van der Waals surface area contributed by atoms with Crippen LogP contribution in [0, 0.1) is 6.92 Å². The Morgan fingerprint density at radius 1 is 1.41 bits per heavy atom. The highest BCUT2D eigenvalue weighted by molar-refractivity contribution is 9.10. The molecule has 0 N–H and O–H groups in total. The largest absolute Gasteiger partial charge is 0.434 e. The molecule has 0 bridgehead atoms. The maximum atomic E-state index is 12.6. The van der Waals surface area contributed by atoms with Crippen LogP contribution in [0.3, 0.4) is 0 Å². The molecule has 0 aliphatic rings. The summed E-state index contributed by atoms with van der Waals surface area (Å²) >= 11 is 2.60. The standard InChI is InChI=1S/C9H5BrF3N3O/c1-4-2-5-15-7(9(11,12)13)6(10)8(17)16(5)14-3-4/h2-3H,1H3. The second-order valence-corrected chi connectivity index (χ2v) is 4.17. The molecule has 4 nitrogen and oxygen atoms in total. The summed E-state index contributed by atoms with van der Waals surface area (Å²) in [5.74, 6) is 0. The van der Waals surface area contributed by atoms with Crippen molar-refractivity contribution in [2.24, 2.45) is 0 Å². The Bertz CT molecular complexity index is 650. The number of hydrogen-bond acceptors (Lipinski definition) is 3. The van der Waals surface area contributed by atoms with E-state index in [0.29, 0.717) is 5.56 Å². The highest BCUT2D eigenvalue weighted by Crippen LogP contribution is 2.31. The first-order chi connectivity index (χ1) is 7.80. The van der Waals surface area contributed by atoms with E-state index < -0.39 is 21.9 Å². The Morgan fingerprint density at radius 3 is 2.65 bits per heavy atom. The molecule has 0 fully saturated rings. The molecule has 0 spiro atoms. The summed E-state index contributed by atoms with van der Waals surface area (Å²) < 4.78 is 38.0. The van der Waals surface area contributed by atoms with Gasteiger partial charge in [-0.15, -0.1) is 0 Å². The van der Waals surface area contributed by atoms with Gasteiger partial charge in [-0.1, -0.05) is 0 Å². The number of rotatable bonds is 0. The first-order valence-electron chi connectivity index (χ1n) is 4.43. The molecular weight excluding hydrogens is 303 g/mol. The van der Waals surface area contributed by atoms with Crippen molar-refractivity contribution in [3.63, 3.8) is 0 Å². The monoisotopic (exact) mass is 307 g/mol. The third-order valence-electron chi connectivity index (χ3n) is 2.03. The van der Waals surface area contributed by atoms with Crippen LogP contribution in [0.2, 0.25) is 0 Å². The van der Waals surface area contributed by atoms with Gasteiger partial charge in [-0.2, -0.15) is 22.8 Å². The fourth-order valence-corrected chi connectivity index (χ4v) is 1.77. The molecule has 17 heavy (non-hydrogen) atoms. The van der Waals surface area contributed by atoms with Gasteiger partial charge < -0.3 is 0 Å². The summed E-state index contributed by atoms with van der Waals surface area (Å²) in [4.78, 5) is 15.0. The molecule has 0 unspecified atom stereocenters. The Hall–Kier alpha value is -1.44. The van der Waals surface area contributed by atoms with Crippen LogP contribution in [0.5, 0.6) is 0 Å². The molecule has 8 heteroatoms. The lowest BCUT2D eigenvalue weighted by Crippen LogP contribution is -2.24. The van der Waals surface area contributed by atoms with Crippen LogP contribution in [-0.4, -0.2) is 14.6 Å². The Kier molecular flexibility index (Phi) is 2.69. The van der Waals surface area contributed by atoms with Crippen LogP contribution in [0.25, 0.3) is 5.65 Å². The molecule has 2 heterocycles. The Balaban J connectivity index is 2.91. The zero-order chi connectivity index (χ0) is 12.8. The van der Waals surface area contributed by atoms with Crippen molar-refractivity contribution < 1.29 is 13.2 Å².